The van der Waals surface area contributed by atoms with Crippen LogP contribution in [0.1, 0.15) is 57.0 Å². The first-order chi connectivity index (χ1) is 10.8. The summed E-state index contributed by atoms with van der Waals surface area (Å²) in [6.45, 7) is 5.81. The third kappa shape index (κ3) is 3.44. The van der Waals surface area contributed by atoms with Crippen LogP contribution >= 0.6 is 0 Å². The van der Waals surface area contributed by atoms with E-state index in [0.717, 1.165) is 32.3 Å². The maximum Gasteiger partial charge on any atom is 0.451 e. The average Bonchev–Trinajstić information content (AvgIpc) is 2.95. The van der Waals surface area contributed by atoms with Gasteiger partial charge in [-0.25, -0.2) is 9.97 Å². The molecule has 4 nitrogen and oxygen atoms in total. The van der Waals surface area contributed by atoms with Crippen molar-refractivity contribution in [2.45, 2.75) is 57.2 Å². The van der Waals surface area contributed by atoms with Gasteiger partial charge in [0.05, 0.1) is 5.60 Å². The first-order valence-electron chi connectivity index (χ1n) is 8.14. The Labute approximate surface area is 134 Å². The van der Waals surface area contributed by atoms with Crippen LogP contribution in [0.25, 0.3) is 0 Å². The lowest BCUT2D eigenvalue weighted by Crippen LogP contribution is -2.44. The van der Waals surface area contributed by atoms with E-state index in [2.05, 4.69) is 9.97 Å². The van der Waals surface area contributed by atoms with E-state index >= 15 is 0 Å². The first kappa shape index (κ1) is 16.5. The lowest BCUT2D eigenvalue weighted by Gasteiger charge is -2.39. The van der Waals surface area contributed by atoms with Crippen LogP contribution in [0.4, 0.5) is 19.0 Å². The van der Waals surface area contributed by atoms with Gasteiger partial charge < -0.3 is 9.64 Å². The summed E-state index contributed by atoms with van der Waals surface area (Å²) < 4.78 is 45.0. The van der Waals surface area contributed by atoms with E-state index in [-0.39, 0.29) is 11.5 Å². The Hall–Kier alpha value is -1.37. The molecule has 0 bridgehead atoms. The van der Waals surface area contributed by atoms with E-state index in [1.807, 2.05) is 18.7 Å². The van der Waals surface area contributed by atoms with Gasteiger partial charge in [-0.15, -0.1) is 0 Å². The van der Waals surface area contributed by atoms with Crippen molar-refractivity contribution in [1.82, 2.24) is 9.97 Å². The second kappa shape index (κ2) is 5.92. The van der Waals surface area contributed by atoms with Gasteiger partial charge in [0.2, 0.25) is 5.82 Å². The number of piperidine rings is 1. The molecule has 3 rings (SSSR count). The number of hydrogen-bond acceptors (Lipinski definition) is 4. The molecule has 0 unspecified atom stereocenters. The number of alkyl halides is 3. The molecule has 3 heterocycles. The Balaban J connectivity index is 1.83. The molecule has 0 aliphatic carbocycles. The van der Waals surface area contributed by atoms with Crippen LogP contribution in [0.15, 0.2) is 6.07 Å². The maximum atomic E-state index is 13.1. The highest BCUT2D eigenvalue weighted by atomic mass is 19.4. The number of anilines is 1. The summed E-state index contributed by atoms with van der Waals surface area (Å²) >= 11 is 0. The molecule has 2 aliphatic heterocycles. The number of halogens is 3. The molecule has 23 heavy (non-hydrogen) atoms. The van der Waals surface area contributed by atoms with Crippen molar-refractivity contribution >= 4 is 5.82 Å². The summed E-state index contributed by atoms with van der Waals surface area (Å²) in [7, 11) is 0. The van der Waals surface area contributed by atoms with Crippen LogP contribution in [-0.4, -0.2) is 35.3 Å². The van der Waals surface area contributed by atoms with E-state index in [4.69, 9.17) is 4.74 Å². The Bertz CT molecular complexity index is 558. The topological polar surface area (TPSA) is 38.2 Å². The van der Waals surface area contributed by atoms with Gasteiger partial charge in [-0.2, -0.15) is 13.2 Å². The fourth-order valence-corrected chi connectivity index (χ4v) is 3.33. The smallest absolute Gasteiger partial charge is 0.375 e. The van der Waals surface area contributed by atoms with Gasteiger partial charge >= 0.3 is 6.18 Å². The second-order valence-corrected chi connectivity index (χ2v) is 6.75. The molecule has 1 aromatic rings. The van der Waals surface area contributed by atoms with E-state index in [0.29, 0.717) is 24.6 Å². The van der Waals surface area contributed by atoms with Crippen LogP contribution in [0.3, 0.4) is 0 Å². The van der Waals surface area contributed by atoms with Crippen molar-refractivity contribution in [3.63, 3.8) is 0 Å². The molecule has 0 radical (unpaired) electrons. The van der Waals surface area contributed by atoms with Gasteiger partial charge in [0.25, 0.3) is 0 Å². The van der Waals surface area contributed by atoms with Crippen molar-refractivity contribution < 1.29 is 17.9 Å². The summed E-state index contributed by atoms with van der Waals surface area (Å²) in [5, 5.41) is 0. The Kier molecular flexibility index (Phi) is 4.25. The van der Waals surface area contributed by atoms with Gasteiger partial charge in [0.1, 0.15) is 5.82 Å². The minimum absolute atomic E-state index is 0.0583. The van der Waals surface area contributed by atoms with Crippen LogP contribution in [-0.2, 0) is 10.9 Å². The normalized spacial score (nSPS) is 21.4. The van der Waals surface area contributed by atoms with E-state index in [9.17, 15) is 13.2 Å². The van der Waals surface area contributed by atoms with Gasteiger partial charge in [0.15, 0.2) is 0 Å². The number of hydrogen-bond donors (Lipinski definition) is 0. The van der Waals surface area contributed by atoms with Crippen LogP contribution in [0.5, 0.6) is 0 Å². The number of aromatic nitrogens is 2. The molecular weight excluding hydrogens is 307 g/mol. The molecule has 0 aromatic carbocycles. The number of nitrogens with zero attached hydrogens (tertiary/aromatic N) is 3. The lowest BCUT2D eigenvalue weighted by atomic mass is 9.88. The number of ether oxygens (including phenoxy) is 1. The molecule has 7 heteroatoms. The van der Waals surface area contributed by atoms with Gasteiger partial charge in [-0.1, -0.05) is 13.8 Å². The number of rotatable bonds is 2. The highest BCUT2D eigenvalue weighted by Crippen LogP contribution is 2.37. The van der Waals surface area contributed by atoms with E-state index < -0.39 is 12.0 Å². The molecule has 0 atom stereocenters. The van der Waals surface area contributed by atoms with Crippen LogP contribution in [0.2, 0.25) is 0 Å². The zero-order valence-corrected chi connectivity index (χ0v) is 13.5. The predicted octanol–water partition coefficient (Wildman–Crippen LogP) is 3.77. The summed E-state index contributed by atoms with van der Waals surface area (Å²) in [4.78, 5) is 9.38. The third-order valence-corrected chi connectivity index (χ3v) is 4.76. The summed E-state index contributed by atoms with van der Waals surface area (Å²) in [6.07, 6.45) is -0.713. The average molecular weight is 329 g/mol. The molecule has 0 saturated carbocycles. The third-order valence-electron chi connectivity index (χ3n) is 4.76. The standard InChI is InChI=1S/C16H22F3N3O/c1-11(2)12-10-13(21-14(20-12)16(17,18)19)22-7-5-15(6-8-22)4-3-9-23-15/h10-11H,3-9H2,1-2H3. The lowest BCUT2D eigenvalue weighted by molar-refractivity contribution is -0.145. The van der Waals surface area contributed by atoms with Gasteiger partial charge in [-0.05, 0) is 31.6 Å². The van der Waals surface area contributed by atoms with Crippen LogP contribution in [0, 0.1) is 0 Å². The highest BCUT2D eigenvalue weighted by molar-refractivity contribution is 5.41. The van der Waals surface area contributed by atoms with E-state index in [1.165, 1.54) is 0 Å². The van der Waals surface area contributed by atoms with Crippen LogP contribution < -0.4 is 4.90 Å². The van der Waals surface area contributed by atoms with Gasteiger partial charge in [0, 0.05) is 31.5 Å². The highest BCUT2D eigenvalue weighted by Gasteiger charge is 2.40. The molecule has 1 aromatic heterocycles. The fourth-order valence-electron chi connectivity index (χ4n) is 3.33. The molecule has 0 amide bonds. The second-order valence-electron chi connectivity index (χ2n) is 6.75. The molecular formula is C16H22F3N3O. The SMILES string of the molecule is CC(C)c1cc(N2CCC3(CCCO3)CC2)nc(C(F)(F)F)n1. The van der Waals surface area contributed by atoms with Crippen molar-refractivity contribution in [2.24, 2.45) is 0 Å². The van der Waals surface area contributed by atoms with Crippen molar-refractivity contribution in [1.29, 1.82) is 0 Å². The molecule has 0 N–H and O–H groups in total. The minimum Gasteiger partial charge on any atom is -0.375 e. The van der Waals surface area contributed by atoms with E-state index in [1.54, 1.807) is 6.07 Å². The fraction of sp³-hybridized carbons (Fsp3) is 0.750. The predicted molar refractivity (Wildman–Crippen MR) is 80.5 cm³/mol. The largest absolute Gasteiger partial charge is 0.451 e. The molecule has 2 saturated heterocycles. The van der Waals surface area contributed by atoms with Crippen molar-refractivity contribution in [2.75, 3.05) is 24.6 Å². The Morgan fingerprint density at radius 2 is 1.87 bits per heavy atom. The zero-order chi connectivity index (χ0) is 16.7. The quantitative estimate of drug-likeness (QED) is 0.828. The zero-order valence-electron chi connectivity index (χ0n) is 13.5. The minimum atomic E-state index is -4.52. The summed E-state index contributed by atoms with van der Waals surface area (Å²) in [6, 6.07) is 1.69. The monoisotopic (exact) mass is 329 g/mol. The molecule has 2 aliphatic rings. The Morgan fingerprint density at radius 3 is 2.39 bits per heavy atom. The summed E-state index contributed by atoms with van der Waals surface area (Å²) in [5.41, 5.74) is 0.372. The molecule has 1 spiro atoms. The first-order valence-corrected chi connectivity index (χ1v) is 8.14. The molecule has 2 fully saturated rings. The summed E-state index contributed by atoms with van der Waals surface area (Å²) in [5.74, 6) is -0.743. The van der Waals surface area contributed by atoms with Gasteiger partial charge in [-0.3, -0.25) is 0 Å². The maximum absolute atomic E-state index is 13.1. The molecule has 128 valence electrons. The van der Waals surface area contributed by atoms with Crippen molar-refractivity contribution in [3.8, 4) is 0 Å². The Morgan fingerprint density at radius 1 is 1.17 bits per heavy atom. The van der Waals surface area contributed by atoms with Crippen molar-refractivity contribution in [3.05, 3.63) is 17.6 Å².